The molecule has 29 heavy (non-hydrogen) atoms. The molecular formula is C16H23F3N4O6. The molecule has 0 aliphatic carbocycles. The number of aromatic nitrogens is 3. The lowest BCUT2D eigenvalue weighted by Crippen LogP contribution is -2.66. The van der Waals surface area contributed by atoms with E-state index in [1.54, 1.807) is 5.32 Å². The van der Waals surface area contributed by atoms with Crippen molar-refractivity contribution in [1.29, 1.82) is 0 Å². The minimum absolute atomic E-state index is 0.405. The normalized spacial score (nSPS) is 14.7. The van der Waals surface area contributed by atoms with Crippen molar-refractivity contribution in [2.75, 3.05) is 7.11 Å². The molecule has 13 heteroatoms. The number of carboxylic acids is 1. The fourth-order valence-electron chi connectivity index (χ4n) is 2.13. The van der Waals surface area contributed by atoms with Gasteiger partial charge >= 0.3 is 24.2 Å². The lowest BCUT2D eigenvalue weighted by Gasteiger charge is -2.33. The number of carbonyl (C=O) groups is 3. The van der Waals surface area contributed by atoms with Gasteiger partial charge in [-0.3, -0.25) is 5.32 Å². The summed E-state index contributed by atoms with van der Waals surface area (Å²) in [4.78, 5) is 35.5. The van der Waals surface area contributed by atoms with Gasteiger partial charge in [0.2, 0.25) is 5.54 Å². The number of esters is 1. The Balaban J connectivity index is 3.39. The Morgan fingerprint density at radius 2 is 1.72 bits per heavy atom. The van der Waals surface area contributed by atoms with Crippen molar-refractivity contribution < 1.29 is 42.1 Å². The van der Waals surface area contributed by atoms with Gasteiger partial charge in [0.05, 0.1) is 12.8 Å². The SMILES string of the molecule is COC(=O)C(Cc1cn(C(C)(C)C(=O)O)nn1)(NC(=O)OC(C)(C)C)C(F)(F)F. The zero-order chi connectivity index (χ0) is 22.8. The van der Waals surface area contributed by atoms with Crippen LogP contribution >= 0.6 is 0 Å². The van der Waals surface area contributed by atoms with Gasteiger partial charge in [0.1, 0.15) is 5.60 Å². The van der Waals surface area contributed by atoms with Crippen LogP contribution in [0.15, 0.2) is 6.20 Å². The van der Waals surface area contributed by atoms with Crippen LogP contribution in [0.1, 0.15) is 40.3 Å². The van der Waals surface area contributed by atoms with Crippen LogP contribution in [0.4, 0.5) is 18.0 Å². The van der Waals surface area contributed by atoms with E-state index in [-0.39, 0.29) is 0 Å². The number of alkyl carbamates (subject to hydrolysis) is 1. The maximum atomic E-state index is 13.9. The molecule has 0 saturated carbocycles. The number of methoxy groups -OCH3 is 1. The number of hydrogen-bond acceptors (Lipinski definition) is 7. The summed E-state index contributed by atoms with van der Waals surface area (Å²) >= 11 is 0. The number of carbonyl (C=O) groups excluding carboxylic acids is 2. The van der Waals surface area contributed by atoms with E-state index < -0.39 is 53.0 Å². The van der Waals surface area contributed by atoms with Crippen LogP contribution in [-0.2, 0) is 31.0 Å². The minimum Gasteiger partial charge on any atom is -0.479 e. The van der Waals surface area contributed by atoms with Crippen molar-refractivity contribution in [1.82, 2.24) is 20.3 Å². The fourth-order valence-corrected chi connectivity index (χ4v) is 2.13. The largest absolute Gasteiger partial charge is 0.479 e. The van der Waals surface area contributed by atoms with Gasteiger partial charge in [-0.2, -0.15) is 13.2 Å². The highest BCUT2D eigenvalue weighted by Gasteiger charge is 2.63. The second-order valence-corrected chi connectivity index (χ2v) is 7.72. The van der Waals surface area contributed by atoms with Gasteiger partial charge in [0, 0.05) is 12.6 Å². The Bertz CT molecular complexity index is 784. The van der Waals surface area contributed by atoms with Gasteiger partial charge in [-0.05, 0) is 34.6 Å². The maximum absolute atomic E-state index is 13.9. The van der Waals surface area contributed by atoms with Gasteiger partial charge in [0.15, 0.2) is 5.54 Å². The lowest BCUT2D eigenvalue weighted by molar-refractivity contribution is -0.211. The van der Waals surface area contributed by atoms with Crippen LogP contribution in [0, 0.1) is 0 Å². The summed E-state index contributed by atoms with van der Waals surface area (Å²) in [5.74, 6) is -3.11. The Morgan fingerprint density at radius 3 is 2.14 bits per heavy atom. The molecule has 2 N–H and O–H groups in total. The highest BCUT2D eigenvalue weighted by Crippen LogP contribution is 2.35. The summed E-state index contributed by atoms with van der Waals surface area (Å²) in [5, 5.41) is 17.8. The fraction of sp³-hybridized carbons (Fsp3) is 0.688. The number of rotatable bonds is 6. The number of carboxylic acid groups (broad SMARTS) is 1. The molecule has 0 radical (unpaired) electrons. The molecule has 0 aliphatic heterocycles. The van der Waals surface area contributed by atoms with E-state index in [9.17, 15) is 32.7 Å². The van der Waals surface area contributed by atoms with Crippen molar-refractivity contribution in [2.24, 2.45) is 0 Å². The van der Waals surface area contributed by atoms with Gasteiger partial charge in [-0.15, -0.1) is 5.10 Å². The summed E-state index contributed by atoms with van der Waals surface area (Å²) in [6.45, 7) is 6.80. The highest BCUT2D eigenvalue weighted by molar-refractivity contribution is 5.87. The predicted molar refractivity (Wildman–Crippen MR) is 90.9 cm³/mol. The molecule has 10 nitrogen and oxygen atoms in total. The van der Waals surface area contributed by atoms with Gasteiger partial charge in [-0.25, -0.2) is 19.1 Å². The van der Waals surface area contributed by atoms with Crippen LogP contribution in [0.25, 0.3) is 0 Å². The summed E-state index contributed by atoms with van der Waals surface area (Å²) in [7, 11) is 0.726. The van der Waals surface area contributed by atoms with Crippen LogP contribution in [0.3, 0.4) is 0 Å². The molecule has 0 aromatic carbocycles. The topological polar surface area (TPSA) is 133 Å². The summed E-state index contributed by atoms with van der Waals surface area (Å²) in [6, 6.07) is 0. The first-order valence-electron chi connectivity index (χ1n) is 8.27. The highest BCUT2D eigenvalue weighted by atomic mass is 19.4. The smallest absolute Gasteiger partial charge is 0.422 e. The Kier molecular flexibility index (Phi) is 6.56. The molecule has 1 rings (SSSR count). The number of ether oxygens (including phenoxy) is 2. The number of nitrogens with one attached hydrogen (secondary N) is 1. The van der Waals surface area contributed by atoms with E-state index in [0.29, 0.717) is 0 Å². The summed E-state index contributed by atoms with van der Waals surface area (Å²) < 4.78 is 51.8. The lowest BCUT2D eigenvalue weighted by atomic mass is 9.92. The standard InChI is InChI=1S/C16H23F3N4O6/c1-13(2,3)29-12(27)20-15(11(26)28-6,16(17,18)19)7-9-8-23(22-21-9)14(4,5)10(24)25/h8H,7H2,1-6H3,(H,20,27)(H,24,25). The minimum atomic E-state index is -5.30. The first-order valence-corrected chi connectivity index (χ1v) is 8.27. The molecule has 164 valence electrons. The zero-order valence-corrected chi connectivity index (χ0v) is 16.7. The number of halogens is 3. The molecule has 0 saturated heterocycles. The van der Waals surface area contributed by atoms with Crippen LogP contribution in [-0.4, -0.2) is 62.6 Å². The second-order valence-electron chi connectivity index (χ2n) is 7.72. The maximum Gasteiger partial charge on any atom is 0.422 e. The Morgan fingerprint density at radius 1 is 1.17 bits per heavy atom. The van der Waals surface area contributed by atoms with E-state index in [2.05, 4.69) is 15.0 Å². The average Bonchev–Trinajstić information content (AvgIpc) is 2.99. The Hall–Kier alpha value is -2.86. The van der Waals surface area contributed by atoms with Crippen molar-refractivity contribution in [3.8, 4) is 0 Å². The van der Waals surface area contributed by atoms with Crippen molar-refractivity contribution in [2.45, 2.75) is 63.9 Å². The zero-order valence-electron chi connectivity index (χ0n) is 16.7. The van der Waals surface area contributed by atoms with E-state index in [0.717, 1.165) is 18.0 Å². The molecule has 1 heterocycles. The van der Waals surface area contributed by atoms with Gasteiger partial charge < -0.3 is 14.6 Å². The van der Waals surface area contributed by atoms with E-state index in [1.807, 2.05) is 0 Å². The third-order valence-electron chi connectivity index (χ3n) is 3.82. The first kappa shape index (κ1) is 24.2. The second kappa shape index (κ2) is 7.87. The number of hydrogen-bond donors (Lipinski definition) is 2. The van der Waals surface area contributed by atoms with Crippen molar-refractivity contribution in [3.05, 3.63) is 11.9 Å². The van der Waals surface area contributed by atoms with Crippen LogP contribution < -0.4 is 5.32 Å². The first-order chi connectivity index (χ1) is 13.0. The number of alkyl halides is 3. The average molecular weight is 424 g/mol. The van der Waals surface area contributed by atoms with Crippen molar-refractivity contribution in [3.63, 3.8) is 0 Å². The van der Waals surface area contributed by atoms with Crippen LogP contribution in [0.5, 0.6) is 0 Å². The molecular weight excluding hydrogens is 401 g/mol. The Labute approximate surface area is 164 Å². The molecule has 1 atom stereocenters. The van der Waals surface area contributed by atoms with Gasteiger partial charge in [-0.1, -0.05) is 5.21 Å². The quantitative estimate of drug-likeness (QED) is 0.659. The molecule has 0 bridgehead atoms. The summed E-state index contributed by atoms with van der Waals surface area (Å²) in [6.07, 6.45) is -7.06. The molecule has 1 unspecified atom stereocenters. The van der Waals surface area contributed by atoms with Gasteiger partial charge in [0.25, 0.3) is 0 Å². The molecule has 0 fully saturated rings. The van der Waals surface area contributed by atoms with E-state index >= 15 is 0 Å². The summed E-state index contributed by atoms with van der Waals surface area (Å²) in [5.41, 5.74) is -6.68. The number of nitrogens with zero attached hydrogens (tertiary/aromatic N) is 3. The molecule has 1 aromatic rings. The molecule has 0 spiro atoms. The van der Waals surface area contributed by atoms with E-state index in [1.165, 1.54) is 34.6 Å². The van der Waals surface area contributed by atoms with Crippen molar-refractivity contribution >= 4 is 18.0 Å². The van der Waals surface area contributed by atoms with E-state index in [4.69, 9.17) is 4.74 Å². The molecule has 1 aromatic heterocycles. The third kappa shape index (κ3) is 5.35. The third-order valence-corrected chi connectivity index (χ3v) is 3.82. The molecule has 0 aliphatic rings. The van der Waals surface area contributed by atoms with Crippen LogP contribution in [0.2, 0.25) is 0 Å². The number of aliphatic carboxylic acids is 1. The predicted octanol–water partition coefficient (Wildman–Crippen LogP) is 1.64. The monoisotopic (exact) mass is 424 g/mol. The molecule has 1 amide bonds. The number of amides is 1.